The van der Waals surface area contributed by atoms with Gasteiger partial charge in [0.1, 0.15) is 11.6 Å². The van der Waals surface area contributed by atoms with Gasteiger partial charge in [-0.1, -0.05) is 0 Å². The molecule has 0 aromatic heterocycles. The van der Waals surface area contributed by atoms with Crippen LogP contribution in [-0.2, 0) is 9.84 Å². The number of rotatable bonds is 6. The van der Waals surface area contributed by atoms with Crippen molar-refractivity contribution in [2.45, 2.75) is 18.6 Å². The fraction of sp³-hybridized carbons (Fsp3) is 0.571. The zero-order valence-corrected chi connectivity index (χ0v) is 12.7. The lowest BCUT2D eigenvalue weighted by molar-refractivity contribution is 0.0961. The van der Waals surface area contributed by atoms with Crippen molar-refractivity contribution < 1.29 is 22.7 Å². The van der Waals surface area contributed by atoms with Gasteiger partial charge in [0.05, 0.1) is 30.3 Å². The number of aliphatic hydroxyl groups is 1. The maximum absolute atomic E-state index is 12.7. The van der Waals surface area contributed by atoms with Crippen LogP contribution < -0.4 is 4.74 Å². The third-order valence-electron chi connectivity index (χ3n) is 3.60. The highest BCUT2D eigenvalue weighted by molar-refractivity contribution is 7.91. The molecule has 2 atom stereocenters. The minimum Gasteiger partial charge on any atom is -0.494 e. The third-order valence-corrected chi connectivity index (χ3v) is 5.30. The van der Waals surface area contributed by atoms with Crippen LogP contribution in [0.5, 0.6) is 5.75 Å². The second-order valence-electron chi connectivity index (χ2n) is 5.35. The Hall–Kier alpha value is -1.18. The molecule has 0 aliphatic carbocycles. The van der Waals surface area contributed by atoms with Crippen molar-refractivity contribution in [1.82, 2.24) is 4.90 Å². The summed E-state index contributed by atoms with van der Waals surface area (Å²) < 4.78 is 41.1. The van der Waals surface area contributed by atoms with Gasteiger partial charge < -0.3 is 9.84 Å². The first-order chi connectivity index (χ1) is 9.87. The van der Waals surface area contributed by atoms with Gasteiger partial charge in [0.25, 0.3) is 0 Å². The summed E-state index contributed by atoms with van der Waals surface area (Å²) in [5.41, 5.74) is 0. The molecule has 1 saturated heterocycles. The summed E-state index contributed by atoms with van der Waals surface area (Å²) >= 11 is 0. The number of aliphatic hydroxyl groups excluding tert-OH is 1. The first-order valence-corrected chi connectivity index (χ1v) is 8.66. The Labute approximate surface area is 124 Å². The second kappa shape index (κ2) is 6.72. The molecule has 1 heterocycles. The van der Waals surface area contributed by atoms with Crippen LogP contribution in [0, 0.1) is 5.82 Å². The van der Waals surface area contributed by atoms with Gasteiger partial charge in [0, 0.05) is 6.54 Å². The molecule has 1 aromatic carbocycles. The average molecular weight is 317 g/mol. The van der Waals surface area contributed by atoms with Gasteiger partial charge in [-0.15, -0.1) is 0 Å². The second-order valence-corrected chi connectivity index (χ2v) is 7.50. The van der Waals surface area contributed by atoms with Crippen molar-refractivity contribution in [3.05, 3.63) is 30.1 Å². The molecule has 0 saturated carbocycles. The largest absolute Gasteiger partial charge is 0.494 e. The fourth-order valence-electron chi connectivity index (χ4n) is 2.43. The predicted molar refractivity (Wildman–Crippen MR) is 77.6 cm³/mol. The number of sulfone groups is 1. The normalized spacial score (nSPS) is 24.4. The van der Waals surface area contributed by atoms with Gasteiger partial charge in [-0.25, -0.2) is 12.8 Å². The summed E-state index contributed by atoms with van der Waals surface area (Å²) in [5.74, 6) is 0.137. The highest BCUT2D eigenvalue weighted by Crippen LogP contribution is 2.17. The maximum atomic E-state index is 12.7. The lowest BCUT2D eigenvalue weighted by Gasteiger charge is -2.25. The monoisotopic (exact) mass is 317 g/mol. The van der Waals surface area contributed by atoms with E-state index in [1.54, 1.807) is 19.2 Å². The van der Waals surface area contributed by atoms with Crippen LogP contribution in [-0.4, -0.2) is 62.3 Å². The highest BCUT2D eigenvalue weighted by atomic mass is 32.2. The minimum atomic E-state index is -3.13. The first kappa shape index (κ1) is 16.2. The Bertz CT molecular complexity index is 561. The van der Waals surface area contributed by atoms with Crippen molar-refractivity contribution in [2.24, 2.45) is 0 Å². The number of hydrogen-bond donors (Lipinski definition) is 1. The summed E-state index contributed by atoms with van der Waals surface area (Å²) in [5, 5.41) is 9.77. The van der Waals surface area contributed by atoms with Crippen LogP contribution in [0.3, 0.4) is 0 Å². The van der Waals surface area contributed by atoms with Crippen LogP contribution in [0.4, 0.5) is 4.39 Å². The molecule has 1 aliphatic rings. The molecule has 5 nitrogen and oxygen atoms in total. The van der Waals surface area contributed by atoms with Gasteiger partial charge >= 0.3 is 0 Å². The number of nitrogens with zero attached hydrogens (tertiary/aromatic N) is 1. The quantitative estimate of drug-likeness (QED) is 0.782. The molecular formula is C14H20FNO4S. The van der Waals surface area contributed by atoms with Crippen molar-refractivity contribution >= 4 is 9.84 Å². The van der Waals surface area contributed by atoms with Crippen LogP contribution in [0.1, 0.15) is 6.42 Å². The molecule has 1 fully saturated rings. The summed E-state index contributed by atoms with van der Waals surface area (Å²) in [7, 11) is -1.33. The van der Waals surface area contributed by atoms with Crippen molar-refractivity contribution in [2.75, 3.05) is 31.7 Å². The SMILES string of the molecule is CN(CCCOc1ccc(F)cc1)[C@@H]1CS(=O)(=O)C[C@H]1O. The average Bonchev–Trinajstić information content (AvgIpc) is 2.70. The molecule has 118 valence electrons. The smallest absolute Gasteiger partial charge is 0.154 e. The fourth-order valence-corrected chi connectivity index (χ4v) is 4.31. The van der Waals surface area contributed by atoms with E-state index in [0.717, 1.165) is 0 Å². The van der Waals surface area contributed by atoms with Gasteiger partial charge in [-0.2, -0.15) is 0 Å². The lowest BCUT2D eigenvalue weighted by atomic mass is 10.2. The number of ether oxygens (including phenoxy) is 1. The summed E-state index contributed by atoms with van der Waals surface area (Å²) in [6.07, 6.45) is -0.130. The Morgan fingerprint density at radius 3 is 2.57 bits per heavy atom. The highest BCUT2D eigenvalue weighted by Gasteiger charge is 2.38. The summed E-state index contributed by atoms with van der Waals surface area (Å²) in [6, 6.07) is 5.45. The zero-order valence-electron chi connectivity index (χ0n) is 11.9. The van der Waals surface area contributed by atoms with E-state index in [1.165, 1.54) is 12.1 Å². The van der Waals surface area contributed by atoms with E-state index in [-0.39, 0.29) is 23.4 Å². The van der Waals surface area contributed by atoms with Crippen molar-refractivity contribution in [3.8, 4) is 5.75 Å². The standard InChI is InChI=1S/C14H20FNO4S/c1-16(13-9-21(18,19)10-14(13)17)7-2-8-20-12-5-3-11(15)4-6-12/h3-6,13-14,17H,2,7-10H2,1H3/t13-,14-/m1/s1. The van der Waals surface area contributed by atoms with E-state index >= 15 is 0 Å². The molecule has 0 spiro atoms. The van der Waals surface area contributed by atoms with Gasteiger partial charge in [-0.05, 0) is 37.7 Å². The Balaban J connectivity index is 1.72. The van der Waals surface area contributed by atoms with Crippen LogP contribution >= 0.6 is 0 Å². The topological polar surface area (TPSA) is 66.8 Å². The zero-order chi connectivity index (χ0) is 15.5. The van der Waals surface area contributed by atoms with Crippen LogP contribution in [0.25, 0.3) is 0 Å². The number of benzene rings is 1. The first-order valence-electron chi connectivity index (χ1n) is 6.84. The van der Waals surface area contributed by atoms with Crippen molar-refractivity contribution in [1.29, 1.82) is 0 Å². The number of likely N-dealkylation sites (N-methyl/N-ethyl adjacent to an activating group) is 1. The molecular weight excluding hydrogens is 297 g/mol. The predicted octanol–water partition coefficient (Wildman–Crippen LogP) is 0.684. The molecule has 1 aliphatic heterocycles. The Morgan fingerprint density at radius 1 is 1.33 bits per heavy atom. The molecule has 21 heavy (non-hydrogen) atoms. The molecule has 0 radical (unpaired) electrons. The van der Waals surface area contributed by atoms with Gasteiger partial charge in [-0.3, -0.25) is 4.90 Å². The summed E-state index contributed by atoms with van der Waals surface area (Å²) in [6.45, 7) is 1.07. The molecule has 0 amide bonds. The minimum absolute atomic E-state index is 0.00346. The van der Waals surface area contributed by atoms with E-state index < -0.39 is 15.9 Å². The van der Waals surface area contributed by atoms with E-state index in [4.69, 9.17) is 4.74 Å². The molecule has 1 N–H and O–H groups in total. The van der Waals surface area contributed by atoms with E-state index in [2.05, 4.69) is 0 Å². The molecule has 0 bridgehead atoms. The molecule has 0 unspecified atom stereocenters. The van der Waals surface area contributed by atoms with Gasteiger partial charge in [0.15, 0.2) is 9.84 Å². The molecule has 2 rings (SSSR count). The van der Waals surface area contributed by atoms with Crippen molar-refractivity contribution in [3.63, 3.8) is 0 Å². The maximum Gasteiger partial charge on any atom is 0.154 e. The summed E-state index contributed by atoms with van der Waals surface area (Å²) in [4.78, 5) is 1.85. The molecule has 1 aromatic rings. The van der Waals surface area contributed by atoms with E-state index in [9.17, 15) is 17.9 Å². The van der Waals surface area contributed by atoms with Crippen LogP contribution in [0.2, 0.25) is 0 Å². The van der Waals surface area contributed by atoms with E-state index in [1.807, 2.05) is 4.90 Å². The number of hydrogen-bond acceptors (Lipinski definition) is 5. The number of halogens is 1. The third kappa shape index (κ3) is 4.66. The Morgan fingerprint density at radius 2 is 2.00 bits per heavy atom. The van der Waals surface area contributed by atoms with Gasteiger partial charge in [0.2, 0.25) is 0 Å². The Kier molecular flexibility index (Phi) is 5.18. The van der Waals surface area contributed by atoms with E-state index in [0.29, 0.717) is 25.3 Å². The lowest BCUT2D eigenvalue weighted by Crippen LogP contribution is -2.41. The van der Waals surface area contributed by atoms with Crippen LogP contribution in [0.15, 0.2) is 24.3 Å². The molecule has 7 heteroatoms.